The van der Waals surface area contributed by atoms with Gasteiger partial charge in [0.1, 0.15) is 0 Å². The number of hydrogen-bond donors (Lipinski definition) is 2. The van der Waals surface area contributed by atoms with Crippen LogP contribution in [0.15, 0.2) is 36.4 Å². The number of carbonyl (C=O) groups is 1. The van der Waals surface area contributed by atoms with Crippen molar-refractivity contribution in [1.29, 1.82) is 0 Å². The van der Waals surface area contributed by atoms with Crippen molar-refractivity contribution in [3.63, 3.8) is 0 Å². The third kappa shape index (κ3) is 3.23. The highest BCUT2D eigenvalue weighted by molar-refractivity contribution is 7.87. The summed E-state index contributed by atoms with van der Waals surface area (Å²) in [5.74, 6) is -1.11. The maximum Gasteiger partial charge on any atom is 0.302 e. The molecule has 92 valence electrons. The van der Waals surface area contributed by atoms with E-state index >= 15 is 0 Å². The maximum absolute atomic E-state index is 11.4. The Balaban J connectivity index is 2.91. The number of carbonyl (C=O) groups excluding carboxylic acids is 1. The molecule has 0 saturated carbocycles. The first-order valence-corrected chi connectivity index (χ1v) is 6.16. The van der Waals surface area contributed by atoms with Crippen molar-refractivity contribution in [1.82, 2.24) is 0 Å². The molecule has 2 N–H and O–H groups in total. The second-order valence-corrected chi connectivity index (χ2v) is 5.31. The molecule has 1 aromatic carbocycles. The number of hydrogen-bond acceptors (Lipinski definition) is 4. The van der Waals surface area contributed by atoms with Crippen molar-refractivity contribution in [2.45, 2.75) is 11.9 Å². The first kappa shape index (κ1) is 13.6. The van der Waals surface area contributed by atoms with Crippen molar-refractivity contribution in [3.05, 3.63) is 42.0 Å². The van der Waals surface area contributed by atoms with Crippen LogP contribution in [-0.2, 0) is 14.9 Å². The minimum atomic E-state index is -4.85. The summed E-state index contributed by atoms with van der Waals surface area (Å²) in [5.41, 5.74) is 0.673. The third-order valence-corrected chi connectivity index (χ3v) is 3.39. The largest absolute Gasteiger partial charge is 0.367 e. The lowest BCUT2D eigenvalue weighted by Crippen LogP contribution is -2.42. The smallest absolute Gasteiger partial charge is 0.302 e. The molecular weight excluding hydrogens is 244 g/mol. The van der Waals surface area contributed by atoms with Gasteiger partial charge in [0, 0.05) is 0 Å². The van der Waals surface area contributed by atoms with E-state index in [1.54, 1.807) is 30.3 Å². The van der Waals surface area contributed by atoms with Gasteiger partial charge in [0.15, 0.2) is 0 Å². The summed E-state index contributed by atoms with van der Waals surface area (Å²) in [6.07, 6.45) is 2.26. The first-order chi connectivity index (χ1) is 7.75. The summed E-state index contributed by atoms with van der Waals surface area (Å²) < 4.78 is 30.2. The molecule has 6 heteroatoms. The highest BCUT2D eigenvalue weighted by Gasteiger charge is 2.41. The Morgan fingerprint density at radius 2 is 1.82 bits per heavy atom. The molecule has 0 spiro atoms. The molecule has 0 saturated heterocycles. The van der Waals surface area contributed by atoms with E-state index in [0.717, 1.165) is 13.0 Å². The van der Waals surface area contributed by atoms with Crippen LogP contribution < -0.4 is 0 Å². The molecule has 0 fully saturated rings. The van der Waals surface area contributed by atoms with Crippen molar-refractivity contribution >= 4 is 22.0 Å². The Bertz CT molecular complexity index is 528. The van der Waals surface area contributed by atoms with Gasteiger partial charge < -0.3 is 5.11 Å². The predicted octanol–water partition coefficient (Wildman–Crippen LogP) is 0.865. The quantitative estimate of drug-likeness (QED) is 0.616. The lowest BCUT2D eigenvalue weighted by molar-refractivity contribution is -0.124. The fraction of sp³-hybridized carbons (Fsp3) is 0.182. The summed E-state index contributed by atoms with van der Waals surface area (Å²) >= 11 is 0. The van der Waals surface area contributed by atoms with Gasteiger partial charge in [-0.15, -0.1) is 0 Å². The van der Waals surface area contributed by atoms with Crippen LogP contribution in [0, 0.1) is 0 Å². The average molecular weight is 256 g/mol. The topological polar surface area (TPSA) is 91.7 Å². The van der Waals surface area contributed by atoms with Crippen molar-refractivity contribution in [2.24, 2.45) is 0 Å². The fourth-order valence-electron chi connectivity index (χ4n) is 1.02. The fourth-order valence-corrected chi connectivity index (χ4v) is 1.34. The van der Waals surface area contributed by atoms with Gasteiger partial charge in [-0.2, -0.15) is 8.42 Å². The molecule has 0 aliphatic carbocycles. The average Bonchev–Trinajstić information content (AvgIpc) is 2.25. The third-order valence-electron chi connectivity index (χ3n) is 2.19. The Labute approximate surface area is 99.2 Å². The molecule has 1 aromatic rings. The van der Waals surface area contributed by atoms with Gasteiger partial charge in [-0.25, -0.2) is 0 Å². The monoisotopic (exact) mass is 256 g/mol. The van der Waals surface area contributed by atoms with E-state index in [1.165, 1.54) is 6.08 Å². The lowest BCUT2D eigenvalue weighted by atomic mass is 10.1. The minimum absolute atomic E-state index is 0.673. The van der Waals surface area contributed by atoms with Crippen LogP contribution in [0.3, 0.4) is 0 Å². The van der Waals surface area contributed by atoms with Gasteiger partial charge in [0.25, 0.3) is 4.93 Å². The minimum Gasteiger partial charge on any atom is -0.367 e. The van der Waals surface area contributed by atoms with Gasteiger partial charge in [-0.3, -0.25) is 9.35 Å². The molecule has 0 amide bonds. The summed E-state index contributed by atoms with van der Waals surface area (Å²) in [4.78, 5) is 8.59. The maximum atomic E-state index is 11.4. The van der Waals surface area contributed by atoms with Gasteiger partial charge in [-0.05, 0) is 18.6 Å². The van der Waals surface area contributed by atoms with E-state index in [9.17, 15) is 18.3 Å². The second kappa shape index (κ2) is 4.79. The molecule has 0 bridgehead atoms. The second-order valence-electron chi connectivity index (χ2n) is 3.57. The molecule has 0 aromatic heterocycles. The van der Waals surface area contributed by atoms with Crippen LogP contribution in [0.1, 0.15) is 12.5 Å². The van der Waals surface area contributed by atoms with E-state index in [-0.39, 0.29) is 0 Å². The summed E-state index contributed by atoms with van der Waals surface area (Å²) in [6, 6.07) is 8.67. The summed E-state index contributed by atoms with van der Waals surface area (Å²) in [5, 5.41) is 9.36. The standard InChI is InChI=1S/C11H12O5S/c1-11(13,17(14,15)16)10(12)8-7-9-5-3-2-4-6-9/h2-8,13H,1H3,(H,14,15,16). The molecule has 0 heterocycles. The van der Waals surface area contributed by atoms with Crippen LogP contribution >= 0.6 is 0 Å². The van der Waals surface area contributed by atoms with E-state index in [1.807, 2.05) is 0 Å². The van der Waals surface area contributed by atoms with E-state index in [4.69, 9.17) is 4.55 Å². The molecule has 17 heavy (non-hydrogen) atoms. The zero-order valence-electron chi connectivity index (χ0n) is 9.07. The van der Waals surface area contributed by atoms with Gasteiger partial charge in [0.05, 0.1) is 0 Å². The first-order valence-electron chi connectivity index (χ1n) is 4.72. The van der Waals surface area contributed by atoms with E-state index < -0.39 is 20.8 Å². The van der Waals surface area contributed by atoms with Gasteiger partial charge >= 0.3 is 10.1 Å². The van der Waals surface area contributed by atoms with Crippen LogP contribution in [0.25, 0.3) is 6.08 Å². The van der Waals surface area contributed by atoms with Crippen LogP contribution in [0.2, 0.25) is 0 Å². The van der Waals surface area contributed by atoms with Gasteiger partial charge in [-0.1, -0.05) is 36.4 Å². The van der Waals surface area contributed by atoms with Crippen molar-refractivity contribution < 1.29 is 22.9 Å². The van der Waals surface area contributed by atoms with Crippen molar-refractivity contribution in [3.8, 4) is 0 Å². The number of rotatable bonds is 4. The molecule has 0 aliphatic heterocycles. The van der Waals surface area contributed by atoms with Crippen molar-refractivity contribution in [2.75, 3.05) is 0 Å². The van der Waals surface area contributed by atoms with E-state index in [2.05, 4.69) is 0 Å². The highest BCUT2D eigenvalue weighted by Crippen LogP contribution is 2.14. The van der Waals surface area contributed by atoms with Gasteiger partial charge in [0.2, 0.25) is 5.78 Å². The molecular formula is C11H12O5S. The van der Waals surface area contributed by atoms with E-state index in [0.29, 0.717) is 5.56 Å². The molecule has 0 aliphatic rings. The molecule has 1 unspecified atom stereocenters. The van der Waals surface area contributed by atoms with Crippen LogP contribution in [0.5, 0.6) is 0 Å². The molecule has 1 atom stereocenters. The van der Waals surface area contributed by atoms with Crippen LogP contribution in [-0.4, -0.2) is 28.8 Å². The lowest BCUT2D eigenvalue weighted by Gasteiger charge is -2.15. The van der Waals surface area contributed by atoms with Crippen LogP contribution in [0.4, 0.5) is 0 Å². The predicted molar refractivity (Wildman–Crippen MR) is 62.7 cm³/mol. The number of benzene rings is 1. The summed E-state index contributed by atoms with van der Waals surface area (Å²) in [6.45, 7) is 0.722. The Kier molecular flexibility index (Phi) is 3.82. The Hall–Kier alpha value is -1.50. The normalized spacial score (nSPS) is 15.7. The highest BCUT2D eigenvalue weighted by atomic mass is 32.2. The zero-order chi connectivity index (χ0) is 13.1. The molecule has 0 radical (unpaired) electrons. The molecule has 1 rings (SSSR count). The zero-order valence-corrected chi connectivity index (χ0v) is 9.89. The number of ketones is 1. The Morgan fingerprint density at radius 1 is 1.29 bits per heavy atom. The molecule has 5 nitrogen and oxygen atoms in total. The summed E-state index contributed by atoms with van der Waals surface area (Å²) in [7, 11) is -4.85. The Morgan fingerprint density at radius 3 is 2.29 bits per heavy atom. The number of aliphatic hydroxyl groups is 1. The SMILES string of the molecule is CC(O)(C(=O)C=Cc1ccccc1)S(=O)(=O)O.